The first-order valence-corrected chi connectivity index (χ1v) is 7.13. The molecule has 2 aromatic carbocycles. The number of hydrogen-bond acceptors (Lipinski definition) is 5. The monoisotopic (exact) mass is 354 g/mol. The Morgan fingerprint density at radius 1 is 1.22 bits per heavy atom. The van der Waals surface area contributed by atoms with Crippen LogP contribution in [0.25, 0.3) is 0 Å². The number of hydrogen-bond donors (Lipinski definition) is 3. The summed E-state index contributed by atoms with van der Waals surface area (Å²) in [7, 11) is 0. The maximum absolute atomic E-state index is 11.6. The van der Waals surface area contributed by atoms with Crippen LogP contribution in [0.4, 0.5) is 0 Å². The van der Waals surface area contributed by atoms with E-state index in [1.54, 1.807) is 12.1 Å². The summed E-state index contributed by atoms with van der Waals surface area (Å²) in [5, 5.41) is 23.1. The quantitative estimate of drug-likeness (QED) is 0.568. The highest BCUT2D eigenvalue weighted by Crippen LogP contribution is 2.27. The number of phenols is 2. The van der Waals surface area contributed by atoms with Crippen molar-refractivity contribution in [1.29, 1.82) is 0 Å². The minimum Gasteiger partial charge on any atom is -0.508 e. The van der Waals surface area contributed by atoms with Gasteiger partial charge in [0.15, 0.2) is 6.61 Å². The Kier molecular flexibility index (Phi) is 5.67. The molecule has 0 aliphatic heterocycles. The van der Waals surface area contributed by atoms with E-state index < -0.39 is 5.91 Å². The summed E-state index contributed by atoms with van der Waals surface area (Å²) in [6.07, 6.45) is 1.24. The third-order valence-electron chi connectivity index (χ3n) is 2.66. The lowest BCUT2D eigenvalue weighted by molar-refractivity contribution is -0.123. The second-order valence-corrected chi connectivity index (χ2v) is 5.24. The molecule has 0 aliphatic carbocycles. The van der Waals surface area contributed by atoms with Gasteiger partial charge in [0.1, 0.15) is 17.2 Å². The van der Waals surface area contributed by atoms with Crippen LogP contribution in [-0.4, -0.2) is 28.9 Å². The number of ether oxygens (including phenoxy) is 1. The Hall–Kier alpha value is -2.44. The van der Waals surface area contributed by atoms with E-state index in [0.717, 1.165) is 6.07 Å². The van der Waals surface area contributed by atoms with Crippen molar-refractivity contribution in [3.63, 3.8) is 0 Å². The van der Waals surface area contributed by atoms with E-state index in [-0.39, 0.29) is 18.1 Å². The van der Waals surface area contributed by atoms with Crippen molar-refractivity contribution in [2.75, 3.05) is 6.61 Å². The number of nitrogens with one attached hydrogen (secondary N) is 1. The summed E-state index contributed by atoms with van der Waals surface area (Å²) < 4.78 is 5.24. The van der Waals surface area contributed by atoms with Crippen LogP contribution in [0.1, 0.15) is 5.56 Å². The third-order valence-corrected chi connectivity index (χ3v) is 3.19. The molecule has 0 saturated carbocycles. The summed E-state index contributed by atoms with van der Waals surface area (Å²) >= 11 is 11.7. The van der Waals surface area contributed by atoms with Crippen LogP contribution in [0.2, 0.25) is 10.0 Å². The first-order valence-electron chi connectivity index (χ1n) is 6.37. The molecule has 1 amide bonds. The summed E-state index contributed by atoms with van der Waals surface area (Å²) in [6, 6.07) is 8.64. The van der Waals surface area contributed by atoms with Crippen LogP contribution in [0.3, 0.4) is 0 Å². The molecule has 23 heavy (non-hydrogen) atoms. The predicted molar refractivity (Wildman–Crippen MR) is 87.5 cm³/mol. The highest BCUT2D eigenvalue weighted by molar-refractivity contribution is 6.35. The van der Waals surface area contributed by atoms with Gasteiger partial charge >= 0.3 is 0 Å². The van der Waals surface area contributed by atoms with Gasteiger partial charge in [-0.15, -0.1) is 0 Å². The summed E-state index contributed by atoms with van der Waals surface area (Å²) in [5.74, 6) is -0.416. The lowest BCUT2D eigenvalue weighted by Gasteiger charge is -2.07. The number of carbonyl (C=O) groups excluding carboxylic acids is 1. The van der Waals surface area contributed by atoms with Crippen molar-refractivity contribution < 1.29 is 19.7 Å². The lowest BCUT2D eigenvalue weighted by atomic mass is 10.2. The molecule has 0 unspecified atom stereocenters. The fraction of sp³-hybridized carbons (Fsp3) is 0.0667. The third kappa shape index (κ3) is 5.05. The second-order valence-electron chi connectivity index (χ2n) is 4.40. The van der Waals surface area contributed by atoms with Crippen LogP contribution in [0.5, 0.6) is 17.2 Å². The van der Waals surface area contributed by atoms with Crippen molar-refractivity contribution in [3.8, 4) is 17.2 Å². The Morgan fingerprint density at radius 2 is 2.00 bits per heavy atom. The number of benzene rings is 2. The zero-order valence-electron chi connectivity index (χ0n) is 11.7. The minimum absolute atomic E-state index is 0.0723. The van der Waals surface area contributed by atoms with Gasteiger partial charge in [-0.1, -0.05) is 23.2 Å². The first kappa shape index (κ1) is 16.9. The molecule has 2 aromatic rings. The van der Waals surface area contributed by atoms with E-state index in [9.17, 15) is 9.90 Å². The normalized spacial score (nSPS) is 10.7. The van der Waals surface area contributed by atoms with E-state index in [2.05, 4.69) is 10.5 Å². The van der Waals surface area contributed by atoms with Gasteiger partial charge in [-0.05, 0) is 30.3 Å². The SMILES string of the molecule is O=C(COc1ccc(Cl)cc1Cl)N/N=C\c1ccc(O)cc1O. The van der Waals surface area contributed by atoms with Crippen molar-refractivity contribution in [1.82, 2.24) is 5.43 Å². The zero-order chi connectivity index (χ0) is 16.8. The molecule has 0 spiro atoms. The zero-order valence-corrected chi connectivity index (χ0v) is 13.2. The fourth-order valence-corrected chi connectivity index (χ4v) is 2.05. The van der Waals surface area contributed by atoms with Gasteiger partial charge in [-0.2, -0.15) is 5.10 Å². The number of carbonyl (C=O) groups is 1. The number of hydrazone groups is 1. The Morgan fingerprint density at radius 3 is 2.70 bits per heavy atom. The molecule has 0 aliphatic rings. The van der Waals surface area contributed by atoms with E-state index >= 15 is 0 Å². The summed E-state index contributed by atoms with van der Waals surface area (Å²) in [5.41, 5.74) is 2.57. The standard InChI is InChI=1S/C15H12Cl2N2O4/c16-10-2-4-14(12(17)5-10)23-8-15(22)19-18-7-9-1-3-11(20)6-13(9)21/h1-7,20-21H,8H2,(H,19,22)/b18-7-. The molecular weight excluding hydrogens is 343 g/mol. The molecule has 120 valence electrons. The van der Waals surface area contributed by atoms with Crippen LogP contribution < -0.4 is 10.2 Å². The highest BCUT2D eigenvalue weighted by atomic mass is 35.5. The molecule has 0 bridgehead atoms. The predicted octanol–water partition coefficient (Wildman–Crippen LogP) is 2.93. The Labute approximate surface area is 141 Å². The molecule has 0 heterocycles. The molecule has 3 N–H and O–H groups in total. The number of halogens is 2. The number of amides is 1. The minimum atomic E-state index is -0.509. The van der Waals surface area contributed by atoms with Crippen LogP contribution in [0.15, 0.2) is 41.5 Å². The average Bonchev–Trinajstić information content (AvgIpc) is 2.48. The second kappa shape index (κ2) is 7.71. The topological polar surface area (TPSA) is 91.2 Å². The van der Waals surface area contributed by atoms with Gasteiger partial charge < -0.3 is 14.9 Å². The Balaban J connectivity index is 1.86. The molecule has 0 atom stereocenters. The van der Waals surface area contributed by atoms with Crippen LogP contribution in [-0.2, 0) is 4.79 Å². The van der Waals surface area contributed by atoms with Gasteiger partial charge in [-0.25, -0.2) is 5.43 Å². The van der Waals surface area contributed by atoms with Crippen molar-refractivity contribution in [2.45, 2.75) is 0 Å². The summed E-state index contributed by atoms with van der Waals surface area (Å²) in [6.45, 7) is -0.291. The van der Waals surface area contributed by atoms with Gasteiger partial charge in [0, 0.05) is 16.7 Å². The average molecular weight is 355 g/mol. The van der Waals surface area contributed by atoms with Gasteiger partial charge in [-0.3, -0.25) is 4.79 Å². The molecule has 0 aromatic heterocycles. The van der Waals surface area contributed by atoms with E-state index in [1.807, 2.05) is 0 Å². The molecule has 0 fully saturated rings. The summed E-state index contributed by atoms with van der Waals surface area (Å²) in [4.78, 5) is 11.6. The van der Waals surface area contributed by atoms with Crippen molar-refractivity contribution in [3.05, 3.63) is 52.0 Å². The van der Waals surface area contributed by atoms with E-state index in [4.69, 9.17) is 33.0 Å². The van der Waals surface area contributed by atoms with Crippen LogP contribution >= 0.6 is 23.2 Å². The van der Waals surface area contributed by atoms with E-state index in [1.165, 1.54) is 24.4 Å². The molecule has 0 radical (unpaired) electrons. The van der Waals surface area contributed by atoms with Gasteiger partial charge in [0.05, 0.1) is 11.2 Å². The fourth-order valence-electron chi connectivity index (χ4n) is 1.58. The van der Waals surface area contributed by atoms with Crippen molar-refractivity contribution >= 4 is 35.3 Å². The molecular formula is C15H12Cl2N2O4. The number of aromatic hydroxyl groups is 2. The molecule has 0 saturated heterocycles. The number of nitrogens with zero attached hydrogens (tertiary/aromatic N) is 1. The molecule has 6 nitrogen and oxygen atoms in total. The lowest BCUT2D eigenvalue weighted by Crippen LogP contribution is -2.24. The van der Waals surface area contributed by atoms with Gasteiger partial charge in [0.25, 0.3) is 5.91 Å². The maximum atomic E-state index is 11.6. The maximum Gasteiger partial charge on any atom is 0.277 e. The number of rotatable bonds is 5. The molecule has 2 rings (SSSR count). The highest BCUT2D eigenvalue weighted by Gasteiger charge is 2.06. The van der Waals surface area contributed by atoms with Crippen LogP contribution in [0, 0.1) is 0 Å². The largest absolute Gasteiger partial charge is 0.508 e. The van der Waals surface area contributed by atoms with Gasteiger partial charge in [0.2, 0.25) is 0 Å². The van der Waals surface area contributed by atoms with Crippen molar-refractivity contribution in [2.24, 2.45) is 5.10 Å². The number of phenolic OH excluding ortho intramolecular Hbond substituents is 2. The van der Waals surface area contributed by atoms with E-state index in [0.29, 0.717) is 21.4 Å². The Bertz CT molecular complexity index is 750. The smallest absolute Gasteiger partial charge is 0.277 e. The molecule has 8 heteroatoms. The first-order chi connectivity index (χ1) is 11.0.